The van der Waals surface area contributed by atoms with Crippen LogP contribution in [-0.2, 0) is 9.47 Å². The topological polar surface area (TPSA) is 18.5 Å². The van der Waals surface area contributed by atoms with Gasteiger partial charge in [-0.05, 0) is 12.8 Å². The van der Waals surface area contributed by atoms with Gasteiger partial charge in [0.05, 0.1) is 12.7 Å². The van der Waals surface area contributed by atoms with Crippen molar-refractivity contribution in [3.63, 3.8) is 0 Å². The van der Waals surface area contributed by atoms with Gasteiger partial charge in [0.25, 0.3) is 0 Å². The molecule has 0 aromatic carbocycles. The van der Waals surface area contributed by atoms with Gasteiger partial charge in [0, 0.05) is 0 Å². The zero-order valence-corrected chi connectivity index (χ0v) is 5.38. The van der Waals surface area contributed by atoms with E-state index in [2.05, 4.69) is 6.58 Å². The van der Waals surface area contributed by atoms with E-state index in [1.807, 2.05) is 6.08 Å². The second-order valence-corrected chi connectivity index (χ2v) is 2.05. The van der Waals surface area contributed by atoms with Crippen molar-refractivity contribution in [2.24, 2.45) is 0 Å². The molecule has 1 unspecified atom stereocenters. The largest absolute Gasteiger partial charge is 0.345 e. The van der Waals surface area contributed by atoms with Gasteiger partial charge in [0.1, 0.15) is 0 Å². The molecule has 51 valence electrons. The maximum Gasteiger partial charge on any atom is 0.209 e. The van der Waals surface area contributed by atoms with Crippen LogP contribution in [0, 0.1) is 6.79 Å². The number of hydrogen-bond donors (Lipinski definition) is 0. The standard InChI is InChI=1S/C7H11O2/c1-2-3-4-7-5-8-6-9-7/h2,6-7H,1,3-5H2. The quantitative estimate of drug-likeness (QED) is 0.535. The summed E-state index contributed by atoms with van der Waals surface area (Å²) in [5.41, 5.74) is 0. The first-order valence-corrected chi connectivity index (χ1v) is 3.13. The average molecular weight is 127 g/mol. The Morgan fingerprint density at radius 2 is 2.67 bits per heavy atom. The molecular weight excluding hydrogens is 116 g/mol. The molecule has 0 amide bonds. The number of allylic oxidation sites excluding steroid dienone is 1. The molecule has 1 fully saturated rings. The molecule has 1 atom stereocenters. The highest BCUT2D eigenvalue weighted by Crippen LogP contribution is 2.11. The second kappa shape index (κ2) is 3.64. The van der Waals surface area contributed by atoms with Gasteiger partial charge >= 0.3 is 0 Å². The second-order valence-electron chi connectivity index (χ2n) is 2.05. The van der Waals surface area contributed by atoms with Gasteiger partial charge in [-0.3, -0.25) is 0 Å². The van der Waals surface area contributed by atoms with Gasteiger partial charge in [-0.15, -0.1) is 6.58 Å². The minimum Gasteiger partial charge on any atom is -0.345 e. The van der Waals surface area contributed by atoms with Crippen molar-refractivity contribution in [3.05, 3.63) is 19.4 Å². The summed E-state index contributed by atoms with van der Waals surface area (Å²) in [6, 6.07) is 0. The third kappa shape index (κ3) is 2.16. The lowest BCUT2D eigenvalue weighted by Gasteiger charge is -2.02. The van der Waals surface area contributed by atoms with Crippen molar-refractivity contribution >= 4 is 0 Å². The summed E-state index contributed by atoms with van der Waals surface area (Å²) in [6.45, 7) is 5.73. The summed E-state index contributed by atoms with van der Waals surface area (Å²) < 4.78 is 9.93. The lowest BCUT2D eigenvalue weighted by Crippen LogP contribution is -2.07. The van der Waals surface area contributed by atoms with Crippen LogP contribution in [0.2, 0.25) is 0 Å². The lowest BCUT2D eigenvalue weighted by molar-refractivity contribution is 0.124. The monoisotopic (exact) mass is 127 g/mol. The summed E-state index contributed by atoms with van der Waals surface area (Å²) in [6.07, 6.45) is 4.17. The molecule has 2 heteroatoms. The molecule has 1 aliphatic rings. The van der Waals surface area contributed by atoms with Crippen LogP contribution in [0.15, 0.2) is 12.7 Å². The molecule has 1 rings (SSSR count). The molecule has 0 aliphatic carbocycles. The van der Waals surface area contributed by atoms with Gasteiger partial charge in [-0.2, -0.15) is 0 Å². The Morgan fingerprint density at radius 3 is 3.22 bits per heavy atom. The molecule has 9 heavy (non-hydrogen) atoms. The predicted octanol–water partition coefficient (Wildman–Crippen LogP) is 1.49. The van der Waals surface area contributed by atoms with Crippen LogP contribution >= 0.6 is 0 Å². The molecule has 0 bridgehead atoms. The summed E-state index contributed by atoms with van der Waals surface area (Å²) in [4.78, 5) is 0. The van der Waals surface area contributed by atoms with E-state index < -0.39 is 0 Å². The Bertz CT molecular complexity index is 84.9. The van der Waals surface area contributed by atoms with E-state index in [-0.39, 0.29) is 6.10 Å². The van der Waals surface area contributed by atoms with Crippen molar-refractivity contribution in [2.45, 2.75) is 18.9 Å². The summed E-state index contributed by atoms with van der Waals surface area (Å²) in [5.74, 6) is 0. The first-order chi connectivity index (χ1) is 4.43. The van der Waals surface area contributed by atoms with Gasteiger partial charge in [-0.25, -0.2) is 0 Å². The normalized spacial score (nSPS) is 26.4. The van der Waals surface area contributed by atoms with Crippen molar-refractivity contribution in [1.82, 2.24) is 0 Å². The zero-order chi connectivity index (χ0) is 6.53. The highest BCUT2D eigenvalue weighted by atomic mass is 16.7. The third-order valence-corrected chi connectivity index (χ3v) is 1.29. The Morgan fingerprint density at radius 1 is 1.78 bits per heavy atom. The van der Waals surface area contributed by atoms with Gasteiger partial charge in [0.15, 0.2) is 0 Å². The number of ether oxygens (including phenoxy) is 2. The first-order valence-electron chi connectivity index (χ1n) is 3.13. The minimum atomic E-state index is 0.267. The molecule has 0 N–H and O–H groups in total. The maximum atomic E-state index is 5.06. The minimum absolute atomic E-state index is 0.267. The van der Waals surface area contributed by atoms with Crippen LogP contribution in [0.25, 0.3) is 0 Å². The molecule has 1 aliphatic heterocycles. The highest BCUT2D eigenvalue weighted by molar-refractivity contribution is 4.72. The van der Waals surface area contributed by atoms with Crippen LogP contribution in [0.1, 0.15) is 12.8 Å². The van der Waals surface area contributed by atoms with E-state index in [0.717, 1.165) is 12.8 Å². The van der Waals surface area contributed by atoms with Gasteiger partial charge < -0.3 is 9.47 Å². The average Bonchev–Trinajstić information content (AvgIpc) is 2.34. The third-order valence-electron chi connectivity index (χ3n) is 1.29. The van der Waals surface area contributed by atoms with E-state index >= 15 is 0 Å². The number of rotatable bonds is 3. The SMILES string of the molecule is C=CCCC1CO[CH]O1. The fraction of sp³-hybridized carbons (Fsp3) is 0.571. The Hall–Kier alpha value is -0.340. The maximum absolute atomic E-state index is 5.06. The molecule has 0 aromatic heterocycles. The molecule has 2 nitrogen and oxygen atoms in total. The molecular formula is C7H11O2. The van der Waals surface area contributed by atoms with E-state index in [4.69, 9.17) is 9.47 Å². The van der Waals surface area contributed by atoms with E-state index in [9.17, 15) is 0 Å². The Labute approximate surface area is 55.5 Å². The molecule has 0 aromatic rings. The Balaban J connectivity index is 2.04. The van der Waals surface area contributed by atoms with Crippen LogP contribution in [-0.4, -0.2) is 12.7 Å². The van der Waals surface area contributed by atoms with Gasteiger partial charge in [0.2, 0.25) is 6.79 Å². The summed E-state index contributed by atoms with van der Waals surface area (Å²) in [5, 5.41) is 0. The lowest BCUT2D eigenvalue weighted by atomic mass is 10.2. The van der Waals surface area contributed by atoms with Crippen molar-refractivity contribution in [2.75, 3.05) is 6.61 Å². The van der Waals surface area contributed by atoms with Crippen molar-refractivity contribution < 1.29 is 9.47 Å². The zero-order valence-electron chi connectivity index (χ0n) is 5.38. The molecule has 1 saturated heterocycles. The summed E-state index contributed by atoms with van der Waals surface area (Å²) >= 11 is 0. The van der Waals surface area contributed by atoms with Crippen LogP contribution in [0.3, 0.4) is 0 Å². The highest BCUT2D eigenvalue weighted by Gasteiger charge is 2.14. The predicted molar refractivity (Wildman–Crippen MR) is 34.6 cm³/mol. The molecule has 1 radical (unpaired) electrons. The fourth-order valence-corrected chi connectivity index (χ4v) is 0.759. The molecule has 0 spiro atoms. The van der Waals surface area contributed by atoms with Crippen molar-refractivity contribution in [3.8, 4) is 0 Å². The van der Waals surface area contributed by atoms with Crippen LogP contribution in [0.4, 0.5) is 0 Å². The fourth-order valence-electron chi connectivity index (χ4n) is 0.759. The first kappa shape index (κ1) is 6.78. The Kier molecular flexibility index (Phi) is 2.74. The summed E-state index contributed by atoms with van der Waals surface area (Å²) in [7, 11) is 0. The van der Waals surface area contributed by atoms with E-state index in [1.54, 1.807) is 0 Å². The van der Waals surface area contributed by atoms with E-state index in [1.165, 1.54) is 6.79 Å². The van der Waals surface area contributed by atoms with Crippen LogP contribution in [0.5, 0.6) is 0 Å². The van der Waals surface area contributed by atoms with Gasteiger partial charge in [-0.1, -0.05) is 6.08 Å². The van der Waals surface area contributed by atoms with E-state index in [0.29, 0.717) is 6.61 Å². The molecule has 0 saturated carbocycles. The molecule has 1 heterocycles. The smallest absolute Gasteiger partial charge is 0.209 e. The number of hydrogen-bond acceptors (Lipinski definition) is 2. The van der Waals surface area contributed by atoms with Crippen molar-refractivity contribution in [1.29, 1.82) is 0 Å². The van der Waals surface area contributed by atoms with Crippen LogP contribution < -0.4 is 0 Å².